The number of aryl methyl sites for hydroxylation is 1. The van der Waals surface area contributed by atoms with E-state index in [0.29, 0.717) is 28.1 Å². The highest BCUT2D eigenvalue weighted by atomic mass is 79.9. The van der Waals surface area contributed by atoms with Crippen LogP contribution in [0.2, 0.25) is 0 Å². The quantitative estimate of drug-likeness (QED) is 0.156. The van der Waals surface area contributed by atoms with Gasteiger partial charge in [-0.2, -0.15) is 9.82 Å². The van der Waals surface area contributed by atoms with E-state index in [1.165, 1.54) is 18.3 Å². The second-order valence-corrected chi connectivity index (χ2v) is 12.4. The summed E-state index contributed by atoms with van der Waals surface area (Å²) in [6.45, 7) is 5.72. The molecule has 0 aromatic heterocycles. The zero-order chi connectivity index (χ0) is 29.6. The molecule has 0 radical (unpaired) electrons. The van der Waals surface area contributed by atoms with Crippen molar-refractivity contribution in [2.75, 3.05) is 7.11 Å². The van der Waals surface area contributed by atoms with Crippen LogP contribution in [0.25, 0.3) is 10.8 Å². The smallest absolute Gasteiger partial charge is 0.258 e. The summed E-state index contributed by atoms with van der Waals surface area (Å²) in [4.78, 5) is 13.0. The third-order valence-electron chi connectivity index (χ3n) is 6.45. The normalized spacial score (nSPS) is 12.5. The van der Waals surface area contributed by atoms with E-state index >= 15 is 0 Å². The summed E-state index contributed by atoms with van der Waals surface area (Å²) in [6, 6.07) is 23.1. The summed E-state index contributed by atoms with van der Waals surface area (Å²) < 4.78 is 40.5. The lowest BCUT2D eigenvalue weighted by Gasteiger charge is -2.20. The molecular weight excluding hydrogens is 606 g/mol. The van der Waals surface area contributed by atoms with Gasteiger partial charge in [0.15, 0.2) is 11.5 Å². The first kappa shape index (κ1) is 30.2. The van der Waals surface area contributed by atoms with Crippen LogP contribution in [0.15, 0.2) is 93.3 Å². The molecule has 0 heterocycles. The van der Waals surface area contributed by atoms with Gasteiger partial charge in [0, 0.05) is 0 Å². The Labute approximate surface area is 248 Å². The fraction of sp³-hybridized carbons (Fsp3) is 0.226. The second kappa shape index (κ2) is 13.3. The topological polar surface area (TPSA) is 106 Å². The number of benzene rings is 4. The second-order valence-electron chi connectivity index (χ2n) is 9.85. The van der Waals surface area contributed by atoms with Crippen molar-refractivity contribution in [1.29, 1.82) is 0 Å². The fourth-order valence-corrected chi connectivity index (χ4v) is 6.13. The summed E-state index contributed by atoms with van der Waals surface area (Å²) in [5.41, 5.74) is 5.06. The number of hydrogen-bond acceptors (Lipinski definition) is 6. The maximum atomic E-state index is 12.9. The zero-order valence-corrected chi connectivity index (χ0v) is 25.6. The molecule has 4 aromatic rings. The van der Waals surface area contributed by atoms with Gasteiger partial charge >= 0.3 is 0 Å². The molecule has 4 aromatic carbocycles. The molecule has 214 valence electrons. The first-order valence-electron chi connectivity index (χ1n) is 13.0. The Balaban J connectivity index is 1.44. The van der Waals surface area contributed by atoms with E-state index in [-0.39, 0.29) is 10.8 Å². The molecular formula is C31H32BrN3O5S. The van der Waals surface area contributed by atoms with Gasteiger partial charge in [0.2, 0.25) is 10.0 Å². The Kier molecular flexibility index (Phi) is 9.80. The lowest BCUT2D eigenvalue weighted by molar-refractivity contribution is -0.123. The number of halogens is 1. The monoisotopic (exact) mass is 637 g/mol. The maximum Gasteiger partial charge on any atom is 0.258 e. The van der Waals surface area contributed by atoms with Crippen molar-refractivity contribution in [1.82, 2.24) is 10.1 Å². The molecule has 0 saturated heterocycles. The first-order chi connectivity index (χ1) is 19.6. The zero-order valence-electron chi connectivity index (χ0n) is 23.2. The molecule has 0 aliphatic rings. The molecule has 10 heteroatoms. The van der Waals surface area contributed by atoms with Gasteiger partial charge in [-0.15, -0.1) is 0 Å². The number of ether oxygens (including phenoxy) is 2. The van der Waals surface area contributed by atoms with Crippen molar-refractivity contribution < 1.29 is 22.7 Å². The summed E-state index contributed by atoms with van der Waals surface area (Å²) >= 11 is 3.55. The summed E-state index contributed by atoms with van der Waals surface area (Å²) in [5, 5.41) is 6.31. The number of nitrogens with zero attached hydrogens (tertiary/aromatic N) is 1. The van der Waals surface area contributed by atoms with Gasteiger partial charge in [-0.05, 0) is 74.9 Å². The number of nitrogens with one attached hydrogen (secondary N) is 2. The van der Waals surface area contributed by atoms with Crippen LogP contribution >= 0.6 is 15.9 Å². The van der Waals surface area contributed by atoms with Gasteiger partial charge in [0.25, 0.3) is 5.91 Å². The van der Waals surface area contributed by atoms with Crippen molar-refractivity contribution >= 4 is 48.8 Å². The van der Waals surface area contributed by atoms with Crippen molar-refractivity contribution in [3.63, 3.8) is 0 Å². The molecule has 41 heavy (non-hydrogen) atoms. The minimum Gasteiger partial charge on any atom is -0.493 e. The molecule has 1 atom stereocenters. The predicted molar refractivity (Wildman–Crippen MR) is 165 cm³/mol. The van der Waals surface area contributed by atoms with Crippen LogP contribution in [0, 0.1) is 12.8 Å². The van der Waals surface area contributed by atoms with Crippen molar-refractivity contribution in [3.05, 3.63) is 100 Å². The summed E-state index contributed by atoms with van der Waals surface area (Å²) in [5.74, 6) is 0.121. The van der Waals surface area contributed by atoms with Crippen molar-refractivity contribution in [2.24, 2.45) is 11.0 Å². The largest absolute Gasteiger partial charge is 0.493 e. The Bertz CT molecular complexity index is 1670. The van der Waals surface area contributed by atoms with Gasteiger partial charge in [0.05, 0.1) is 22.7 Å². The van der Waals surface area contributed by atoms with Gasteiger partial charge in [0.1, 0.15) is 12.6 Å². The van der Waals surface area contributed by atoms with E-state index in [2.05, 4.69) is 49.4 Å². The molecule has 0 aliphatic heterocycles. The number of hydrogen-bond donors (Lipinski definition) is 2. The molecule has 1 amide bonds. The molecule has 2 N–H and O–H groups in total. The Morgan fingerprint density at radius 2 is 1.73 bits per heavy atom. The van der Waals surface area contributed by atoms with Crippen LogP contribution in [0.4, 0.5) is 0 Å². The number of sulfonamides is 1. The lowest BCUT2D eigenvalue weighted by atomic mass is 10.1. The highest BCUT2D eigenvalue weighted by Crippen LogP contribution is 2.37. The standard InChI is InChI=1S/C31H32BrN3O5S/c1-20(2)29(35-41(37,38)25-14-12-21(3)13-15-25)31(36)34-33-18-22-16-27(32)30(28(17-22)39-4)40-19-24-10-7-9-23-8-5-6-11-26(23)24/h5-18,20,29,35H,19H2,1-4H3,(H,34,36)/b33-18-/t29-/m1/s1. The number of rotatable bonds is 11. The van der Waals surface area contributed by atoms with E-state index in [4.69, 9.17) is 9.47 Å². The number of amides is 1. The van der Waals surface area contributed by atoms with Crippen LogP contribution in [0.5, 0.6) is 11.5 Å². The molecule has 4 rings (SSSR count). The summed E-state index contributed by atoms with van der Waals surface area (Å²) in [6.07, 6.45) is 1.45. The highest BCUT2D eigenvalue weighted by Gasteiger charge is 2.28. The van der Waals surface area contributed by atoms with Crippen LogP contribution in [-0.4, -0.2) is 33.7 Å². The van der Waals surface area contributed by atoms with E-state index in [1.807, 2.05) is 31.2 Å². The molecule has 0 fully saturated rings. The minimum absolute atomic E-state index is 0.0877. The molecule has 0 aliphatic carbocycles. The average Bonchev–Trinajstić information content (AvgIpc) is 2.95. The highest BCUT2D eigenvalue weighted by molar-refractivity contribution is 9.10. The summed E-state index contributed by atoms with van der Waals surface area (Å²) in [7, 11) is -2.36. The Morgan fingerprint density at radius 3 is 2.44 bits per heavy atom. The molecule has 8 nitrogen and oxygen atoms in total. The first-order valence-corrected chi connectivity index (χ1v) is 15.3. The molecule has 0 saturated carbocycles. The average molecular weight is 639 g/mol. The number of methoxy groups -OCH3 is 1. The third-order valence-corrected chi connectivity index (χ3v) is 8.50. The van der Waals surface area contributed by atoms with Gasteiger partial charge in [-0.3, -0.25) is 4.79 Å². The number of carbonyl (C=O) groups excluding carboxylic acids is 1. The van der Waals surface area contributed by atoms with Crippen LogP contribution in [-0.2, 0) is 21.4 Å². The van der Waals surface area contributed by atoms with E-state index in [1.54, 1.807) is 45.2 Å². The van der Waals surface area contributed by atoms with Crippen molar-refractivity contribution in [3.8, 4) is 11.5 Å². The molecule has 0 bridgehead atoms. The number of carbonyl (C=O) groups is 1. The Morgan fingerprint density at radius 1 is 1.02 bits per heavy atom. The van der Waals surface area contributed by atoms with Crippen LogP contribution < -0.4 is 19.6 Å². The Hall–Kier alpha value is -3.73. The van der Waals surface area contributed by atoms with Crippen LogP contribution in [0.3, 0.4) is 0 Å². The van der Waals surface area contributed by atoms with E-state index < -0.39 is 22.0 Å². The molecule has 0 spiro atoms. The van der Waals surface area contributed by atoms with E-state index in [9.17, 15) is 13.2 Å². The number of hydrazone groups is 1. The number of fused-ring (bicyclic) bond motifs is 1. The molecule has 0 unspecified atom stereocenters. The van der Waals surface area contributed by atoms with Gasteiger partial charge < -0.3 is 9.47 Å². The maximum absolute atomic E-state index is 12.9. The van der Waals surface area contributed by atoms with E-state index in [0.717, 1.165) is 21.9 Å². The SMILES string of the molecule is COc1cc(/C=N\NC(=O)[C@H](NS(=O)(=O)c2ccc(C)cc2)C(C)C)cc(Br)c1OCc1cccc2ccccc12. The van der Waals surface area contributed by atoms with Crippen LogP contribution in [0.1, 0.15) is 30.5 Å². The van der Waals surface area contributed by atoms with Gasteiger partial charge in [-0.1, -0.05) is 74.0 Å². The lowest BCUT2D eigenvalue weighted by Crippen LogP contribution is -2.48. The van der Waals surface area contributed by atoms with Crippen molar-refractivity contribution in [2.45, 2.75) is 38.3 Å². The fourth-order valence-electron chi connectivity index (χ4n) is 4.21. The van der Waals surface area contributed by atoms with Gasteiger partial charge in [-0.25, -0.2) is 13.8 Å². The predicted octanol–water partition coefficient (Wildman–Crippen LogP) is 5.95. The minimum atomic E-state index is -3.90. The third kappa shape index (κ3) is 7.52.